The summed E-state index contributed by atoms with van der Waals surface area (Å²) < 4.78 is 61.1. The van der Waals surface area contributed by atoms with Crippen LogP contribution in [0.5, 0.6) is 5.75 Å². The minimum atomic E-state index is -3.40. The van der Waals surface area contributed by atoms with Gasteiger partial charge in [-0.05, 0) is 43.7 Å². The predicted octanol–water partition coefficient (Wildman–Crippen LogP) is 3.50. The van der Waals surface area contributed by atoms with Gasteiger partial charge >= 0.3 is 0 Å². The third-order valence-electron chi connectivity index (χ3n) is 4.35. The third kappa shape index (κ3) is 7.07. The fourth-order valence-corrected chi connectivity index (χ4v) is 4.65. The molecule has 0 saturated carbocycles. The molecule has 2 N–H and O–H groups in total. The van der Waals surface area contributed by atoms with Crippen molar-refractivity contribution in [3.8, 4) is 5.75 Å². The maximum atomic E-state index is 13.9. The van der Waals surface area contributed by atoms with Gasteiger partial charge in [0.1, 0.15) is 30.3 Å². The average Bonchev–Trinajstić information content (AvgIpc) is 2.65. The lowest BCUT2D eigenvalue weighted by Gasteiger charge is -2.17. The number of fused-ring (bicyclic) bond motifs is 1. The first-order valence-electron chi connectivity index (χ1n) is 9.90. The zero-order valence-corrected chi connectivity index (χ0v) is 20.6. The van der Waals surface area contributed by atoms with Gasteiger partial charge in [-0.15, -0.1) is 0 Å². The van der Waals surface area contributed by atoms with Gasteiger partial charge in [0.15, 0.2) is 0 Å². The van der Waals surface area contributed by atoms with Crippen molar-refractivity contribution in [3.63, 3.8) is 0 Å². The van der Waals surface area contributed by atoms with E-state index in [-0.39, 0.29) is 12.4 Å². The number of aromatic nitrogens is 2. The van der Waals surface area contributed by atoms with Gasteiger partial charge in [-0.1, -0.05) is 0 Å². The lowest BCUT2D eigenvalue weighted by molar-refractivity contribution is 0.288. The molecule has 3 aromatic rings. The molecule has 178 valence electrons. The van der Waals surface area contributed by atoms with Crippen LogP contribution in [-0.2, 0) is 19.8 Å². The summed E-state index contributed by atoms with van der Waals surface area (Å²) in [7, 11) is -5.74. The summed E-state index contributed by atoms with van der Waals surface area (Å²) in [5.41, 5.74) is 2.41. The summed E-state index contributed by atoms with van der Waals surface area (Å²) in [6, 6.07) is 7.00. The highest BCUT2D eigenvalue weighted by molar-refractivity contribution is 7.92. The van der Waals surface area contributed by atoms with E-state index in [1.165, 1.54) is 24.5 Å². The van der Waals surface area contributed by atoms with E-state index >= 15 is 0 Å². The summed E-state index contributed by atoms with van der Waals surface area (Å²) in [5, 5.41) is 3.87. The molecule has 0 aliphatic carbocycles. The van der Waals surface area contributed by atoms with E-state index in [4.69, 9.17) is 4.74 Å². The molecule has 0 aliphatic rings. The molecule has 9 nitrogen and oxygen atoms in total. The van der Waals surface area contributed by atoms with E-state index in [1.807, 2.05) is 6.92 Å². The molecule has 1 unspecified atom stereocenters. The van der Waals surface area contributed by atoms with Gasteiger partial charge in [-0.2, -0.15) is 4.36 Å². The van der Waals surface area contributed by atoms with E-state index in [2.05, 4.69) is 24.4 Å². The summed E-state index contributed by atoms with van der Waals surface area (Å²) >= 11 is 0. The Bertz CT molecular complexity index is 1410. The first-order chi connectivity index (χ1) is 15.3. The average molecular weight is 496 g/mol. The molecule has 0 spiro atoms. The molecule has 0 radical (unpaired) electrons. The van der Waals surface area contributed by atoms with Crippen LogP contribution in [0.3, 0.4) is 0 Å². The fourth-order valence-electron chi connectivity index (χ4n) is 3.24. The molecular formula is C21H26FN5O4S2. The molecule has 1 atom stereocenters. The smallest absolute Gasteiger partial charge is 0.209 e. The highest BCUT2D eigenvalue weighted by Crippen LogP contribution is 2.33. The first-order valence-corrected chi connectivity index (χ1v) is 14.1. The monoisotopic (exact) mass is 495 g/mol. The number of hydrogen-bond acceptors (Lipinski definition) is 8. The van der Waals surface area contributed by atoms with Crippen LogP contribution in [0.25, 0.3) is 10.9 Å². The van der Waals surface area contributed by atoms with E-state index in [1.54, 1.807) is 31.6 Å². The molecule has 0 aliphatic heterocycles. The zero-order valence-electron chi connectivity index (χ0n) is 18.9. The Morgan fingerprint density at radius 2 is 1.85 bits per heavy atom. The number of nitrogens with zero attached hydrogens (tertiary/aromatic N) is 3. The highest BCUT2D eigenvalue weighted by atomic mass is 32.2. The molecule has 2 aromatic carbocycles. The second-order valence-corrected chi connectivity index (χ2v) is 12.3. The van der Waals surface area contributed by atoms with Crippen molar-refractivity contribution in [3.05, 3.63) is 48.0 Å². The number of benzene rings is 2. The molecule has 33 heavy (non-hydrogen) atoms. The largest absolute Gasteiger partial charge is 0.490 e. The molecule has 1 heterocycles. The van der Waals surface area contributed by atoms with Crippen LogP contribution < -0.4 is 14.8 Å². The molecule has 0 amide bonds. The van der Waals surface area contributed by atoms with Crippen LogP contribution in [0.1, 0.15) is 12.5 Å². The van der Waals surface area contributed by atoms with Gasteiger partial charge in [0.25, 0.3) is 0 Å². The van der Waals surface area contributed by atoms with Crippen LogP contribution in [0.4, 0.5) is 21.6 Å². The lowest BCUT2D eigenvalue weighted by atomic mass is 10.1. The highest BCUT2D eigenvalue weighted by Gasteiger charge is 2.14. The minimum Gasteiger partial charge on any atom is -0.490 e. The van der Waals surface area contributed by atoms with Crippen molar-refractivity contribution < 1.29 is 21.8 Å². The molecule has 0 saturated heterocycles. The quantitative estimate of drug-likeness (QED) is 0.490. The molecule has 12 heteroatoms. The Labute approximate surface area is 193 Å². The SMILES string of the molecule is Cc1cc(N=S(C)(C)=O)cc2ncnc(Nc3ccc(F)cc3OCC(C)NS(C)(=O)=O)c12. The second kappa shape index (κ2) is 9.57. The van der Waals surface area contributed by atoms with Gasteiger partial charge in [0.05, 0.1) is 29.2 Å². The first kappa shape index (κ1) is 24.8. The number of aryl methyl sites for hydroxylation is 1. The molecule has 1 aromatic heterocycles. The number of rotatable bonds is 8. The minimum absolute atomic E-state index is 0.00701. The number of anilines is 2. The van der Waals surface area contributed by atoms with Crippen LogP contribution in [0.2, 0.25) is 0 Å². The van der Waals surface area contributed by atoms with Gasteiger partial charge in [0, 0.05) is 33.7 Å². The van der Waals surface area contributed by atoms with Crippen molar-refractivity contribution in [1.82, 2.24) is 14.7 Å². The summed E-state index contributed by atoms with van der Waals surface area (Å²) in [6.07, 6.45) is 5.55. The zero-order chi connectivity index (χ0) is 24.4. The van der Waals surface area contributed by atoms with Crippen molar-refractivity contribution in [2.75, 3.05) is 30.7 Å². The second-order valence-electron chi connectivity index (χ2n) is 8.02. The van der Waals surface area contributed by atoms with Crippen LogP contribution in [0.15, 0.2) is 41.0 Å². The third-order valence-corrected chi connectivity index (χ3v) is 5.83. The van der Waals surface area contributed by atoms with Crippen molar-refractivity contribution in [2.24, 2.45) is 4.36 Å². The Morgan fingerprint density at radius 3 is 2.52 bits per heavy atom. The molecule has 3 rings (SSSR count). The topological polar surface area (TPSA) is 123 Å². The number of nitrogens with one attached hydrogen (secondary N) is 2. The number of halogens is 1. The number of hydrogen-bond donors (Lipinski definition) is 2. The molecular weight excluding hydrogens is 469 g/mol. The number of sulfonamides is 1. The Morgan fingerprint density at radius 1 is 1.12 bits per heavy atom. The standard InChI is InChI=1S/C21H26FN5O4S2/c1-13-8-16(27-32(3,4)28)10-18-20(13)21(24-12-23-18)25-17-7-6-15(22)9-19(17)31-11-14(2)26-33(5,29)30/h6-10,12,14,26H,11H2,1-5H3,(H,23,24,25). The Balaban J connectivity index is 1.95. The van der Waals surface area contributed by atoms with E-state index < -0.39 is 31.6 Å². The van der Waals surface area contributed by atoms with Crippen molar-refractivity contribution in [2.45, 2.75) is 19.9 Å². The Kier molecular flexibility index (Phi) is 7.20. The summed E-state index contributed by atoms with van der Waals surface area (Å²) in [5.74, 6) is 0.165. The van der Waals surface area contributed by atoms with Crippen LogP contribution in [-0.4, -0.2) is 54.0 Å². The van der Waals surface area contributed by atoms with Crippen molar-refractivity contribution >= 4 is 47.8 Å². The predicted molar refractivity (Wildman–Crippen MR) is 129 cm³/mol. The normalized spacial score (nSPS) is 13.0. The summed E-state index contributed by atoms with van der Waals surface area (Å²) in [6.45, 7) is 3.50. The van der Waals surface area contributed by atoms with Gasteiger partial charge in [-0.25, -0.2) is 31.7 Å². The lowest BCUT2D eigenvalue weighted by Crippen LogP contribution is -2.36. The molecule has 0 fully saturated rings. The maximum Gasteiger partial charge on any atom is 0.209 e. The Hall–Kier alpha value is -2.83. The molecule has 0 bridgehead atoms. The van der Waals surface area contributed by atoms with Crippen LogP contribution in [0, 0.1) is 12.7 Å². The van der Waals surface area contributed by atoms with E-state index in [0.717, 1.165) is 17.2 Å². The van der Waals surface area contributed by atoms with Gasteiger partial charge < -0.3 is 10.1 Å². The van der Waals surface area contributed by atoms with E-state index in [0.29, 0.717) is 22.7 Å². The van der Waals surface area contributed by atoms with Crippen LogP contribution >= 0.6 is 0 Å². The maximum absolute atomic E-state index is 13.9. The van der Waals surface area contributed by atoms with Gasteiger partial charge in [-0.3, -0.25) is 0 Å². The number of ether oxygens (including phenoxy) is 1. The summed E-state index contributed by atoms with van der Waals surface area (Å²) in [4.78, 5) is 8.63. The fraction of sp³-hybridized carbons (Fsp3) is 0.333. The van der Waals surface area contributed by atoms with E-state index in [9.17, 15) is 17.0 Å². The van der Waals surface area contributed by atoms with Crippen molar-refractivity contribution in [1.29, 1.82) is 0 Å². The van der Waals surface area contributed by atoms with Gasteiger partial charge in [0.2, 0.25) is 10.0 Å².